The summed E-state index contributed by atoms with van der Waals surface area (Å²) in [6.07, 6.45) is 0.858. The van der Waals surface area contributed by atoms with Crippen LogP contribution in [0.25, 0.3) is 0 Å². The molecule has 0 saturated heterocycles. The number of nitrogen functional groups attached to an aromatic ring is 1. The zero-order valence-corrected chi connectivity index (χ0v) is 11.6. The minimum absolute atomic E-state index is 0.193. The van der Waals surface area contributed by atoms with Gasteiger partial charge in [0.15, 0.2) is 0 Å². The smallest absolute Gasteiger partial charge is 0.254 e. The van der Waals surface area contributed by atoms with Gasteiger partial charge in [0.25, 0.3) is 5.91 Å². The van der Waals surface area contributed by atoms with Crippen LogP contribution in [0.4, 0.5) is 5.69 Å². The Morgan fingerprint density at radius 3 is 2.68 bits per heavy atom. The van der Waals surface area contributed by atoms with Crippen LogP contribution in [0, 0.1) is 6.92 Å². The van der Waals surface area contributed by atoms with E-state index in [1.807, 2.05) is 19.9 Å². The van der Waals surface area contributed by atoms with Crippen molar-refractivity contribution in [3.63, 3.8) is 0 Å². The number of anilines is 1. The second-order valence-corrected chi connectivity index (χ2v) is 4.58. The van der Waals surface area contributed by atoms with Gasteiger partial charge < -0.3 is 16.4 Å². The molecule has 0 aliphatic carbocycles. The number of aryl methyl sites for hydroxylation is 1. The highest BCUT2D eigenvalue weighted by atomic mass is 16.2. The SMILES string of the molecule is CCCNC(=O)C(C)NC(=O)c1cc(C)ccc1N. The second-order valence-electron chi connectivity index (χ2n) is 4.58. The molecule has 1 aromatic rings. The van der Waals surface area contributed by atoms with Crippen LogP contribution in [0.3, 0.4) is 0 Å². The highest BCUT2D eigenvalue weighted by Crippen LogP contribution is 2.13. The van der Waals surface area contributed by atoms with Gasteiger partial charge in [0.1, 0.15) is 6.04 Å². The maximum atomic E-state index is 12.0. The van der Waals surface area contributed by atoms with E-state index in [-0.39, 0.29) is 11.8 Å². The van der Waals surface area contributed by atoms with E-state index >= 15 is 0 Å². The van der Waals surface area contributed by atoms with Crippen molar-refractivity contribution in [3.05, 3.63) is 29.3 Å². The largest absolute Gasteiger partial charge is 0.398 e. The number of benzene rings is 1. The number of rotatable bonds is 5. The quantitative estimate of drug-likeness (QED) is 0.698. The molecule has 2 amide bonds. The first-order valence-corrected chi connectivity index (χ1v) is 6.40. The lowest BCUT2D eigenvalue weighted by Crippen LogP contribution is -2.45. The number of nitrogens with two attached hydrogens (primary N) is 1. The summed E-state index contributed by atoms with van der Waals surface area (Å²) in [5.41, 5.74) is 7.51. The maximum Gasteiger partial charge on any atom is 0.254 e. The van der Waals surface area contributed by atoms with E-state index in [1.165, 1.54) is 0 Å². The number of hydrogen-bond acceptors (Lipinski definition) is 3. The first kappa shape index (κ1) is 15.0. The molecule has 0 fully saturated rings. The molecule has 0 aliphatic heterocycles. The molecule has 1 atom stereocenters. The number of carbonyl (C=O) groups excluding carboxylic acids is 2. The van der Waals surface area contributed by atoms with E-state index in [0.717, 1.165) is 12.0 Å². The van der Waals surface area contributed by atoms with Gasteiger partial charge in [-0.15, -0.1) is 0 Å². The van der Waals surface area contributed by atoms with Gasteiger partial charge in [-0.2, -0.15) is 0 Å². The Labute approximate surface area is 113 Å². The molecule has 0 heterocycles. The Hall–Kier alpha value is -2.04. The fraction of sp³-hybridized carbons (Fsp3) is 0.429. The molecule has 0 aromatic heterocycles. The van der Waals surface area contributed by atoms with E-state index < -0.39 is 6.04 Å². The lowest BCUT2D eigenvalue weighted by atomic mass is 10.1. The molecular formula is C14H21N3O2. The molecule has 0 saturated carbocycles. The molecule has 4 N–H and O–H groups in total. The third kappa shape index (κ3) is 4.28. The summed E-state index contributed by atoms with van der Waals surface area (Å²) in [7, 11) is 0. The van der Waals surface area contributed by atoms with Gasteiger partial charge in [-0.25, -0.2) is 0 Å². The Morgan fingerprint density at radius 2 is 2.05 bits per heavy atom. The standard InChI is InChI=1S/C14H21N3O2/c1-4-7-16-13(18)10(3)17-14(19)11-8-9(2)5-6-12(11)15/h5-6,8,10H,4,7,15H2,1-3H3,(H,16,18)(H,17,19). The molecule has 0 spiro atoms. The normalized spacial score (nSPS) is 11.7. The zero-order chi connectivity index (χ0) is 14.4. The molecule has 0 radical (unpaired) electrons. The summed E-state index contributed by atoms with van der Waals surface area (Å²) in [6, 6.07) is 4.65. The van der Waals surface area contributed by atoms with Crippen molar-refractivity contribution >= 4 is 17.5 Å². The monoisotopic (exact) mass is 263 g/mol. The van der Waals surface area contributed by atoms with Gasteiger partial charge >= 0.3 is 0 Å². The molecule has 19 heavy (non-hydrogen) atoms. The minimum Gasteiger partial charge on any atom is -0.398 e. The molecule has 1 rings (SSSR count). The number of nitrogens with one attached hydrogen (secondary N) is 2. The average molecular weight is 263 g/mol. The molecule has 5 heteroatoms. The van der Waals surface area contributed by atoms with Crippen LogP contribution in [0.2, 0.25) is 0 Å². The second kappa shape index (κ2) is 6.78. The Morgan fingerprint density at radius 1 is 1.37 bits per heavy atom. The summed E-state index contributed by atoms with van der Waals surface area (Å²) in [5.74, 6) is -0.526. The van der Waals surface area contributed by atoms with E-state index in [1.54, 1.807) is 19.1 Å². The third-order valence-corrected chi connectivity index (χ3v) is 2.74. The molecule has 0 aliphatic rings. The highest BCUT2D eigenvalue weighted by Gasteiger charge is 2.17. The molecule has 5 nitrogen and oxygen atoms in total. The summed E-state index contributed by atoms with van der Waals surface area (Å²) >= 11 is 0. The van der Waals surface area contributed by atoms with E-state index in [9.17, 15) is 9.59 Å². The van der Waals surface area contributed by atoms with E-state index in [4.69, 9.17) is 5.73 Å². The van der Waals surface area contributed by atoms with Crippen molar-refractivity contribution < 1.29 is 9.59 Å². The van der Waals surface area contributed by atoms with Gasteiger partial charge in [0, 0.05) is 12.2 Å². The Balaban J connectivity index is 2.68. The van der Waals surface area contributed by atoms with Crippen molar-refractivity contribution in [1.29, 1.82) is 0 Å². The van der Waals surface area contributed by atoms with Gasteiger partial charge in [-0.1, -0.05) is 18.6 Å². The highest BCUT2D eigenvalue weighted by molar-refractivity contribution is 6.01. The number of hydrogen-bond donors (Lipinski definition) is 3. The van der Waals surface area contributed by atoms with Crippen LogP contribution in [-0.4, -0.2) is 24.4 Å². The topological polar surface area (TPSA) is 84.2 Å². The van der Waals surface area contributed by atoms with Crippen molar-refractivity contribution in [2.24, 2.45) is 0 Å². The van der Waals surface area contributed by atoms with E-state index in [2.05, 4.69) is 10.6 Å². The molecule has 104 valence electrons. The predicted octanol–water partition coefficient (Wildman–Crippen LogP) is 1.22. The van der Waals surface area contributed by atoms with Gasteiger partial charge in [0.2, 0.25) is 5.91 Å². The van der Waals surface area contributed by atoms with Crippen LogP contribution >= 0.6 is 0 Å². The fourth-order valence-corrected chi connectivity index (χ4v) is 1.61. The molecule has 0 bridgehead atoms. The summed E-state index contributed by atoms with van der Waals surface area (Å²) in [6.45, 7) is 6.10. The Kier molecular flexibility index (Phi) is 5.36. The van der Waals surface area contributed by atoms with Crippen molar-refractivity contribution in [2.75, 3.05) is 12.3 Å². The van der Waals surface area contributed by atoms with Gasteiger partial charge in [-0.05, 0) is 32.4 Å². The zero-order valence-electron chi connectivity index (χ0n) is 11.6. The minimum atomic E-state index is -0.584. The lowest BCUT2D eigenvalue weighted by molar-refractivity contribution is -0.122. The summed E-state index contributed by atoms with van der Waals surface area (Å²) < 4.78 is 0. The maximum absolute atomic E-state index is 12.0. The Bertz CT molecular complexity index is 472. The average Bonchev–Trinajstić information content (AvgIpc) is 2.38. The van der Waals surface area contributed by atoms with Crippen LogP contribution in [0.1, 0.15) is 36.2 Å². The van der Waals surface area contributed by atoms with Crippen molar-refractivity contribution in [2.45, 2.75) is 33.2 Å². The first-order chi connectivity index (χ1) is 8.95. The van der Waals surface area contributed by atoms with Crippen LogP contribution in [-0.2, 0) is 4.79 Å². The van der Waals surface area contributed by atoms with Crippen molar-refractivity contribution in [1.82, 2.24) is 10.6 Å². The third-order valence-electron chi connectivity index (χ3n) is 2.74. The lowest BCUT2D eigenvalue weighted by Gasteiger charge is -2.15. The predicted molar refractivity (Wildman–Crippen MR) is 75.8 cm³/mol. The molecular weight excluding hydrogens is 242 g/mol. The van der Waals surface area contributed by atoms with E-state index in [0.29, 0.717) is 17.8 Å². The summed E-state index contributed by atoms with van der Waals surface area (Å²) in [5, 5.41) is 5.37. The van der Waals surface area contributed by atoms with Gasteiger partial charge in [-0.3, -0.25) is 9.59 Å². The van der Waals surface area contributed by atoms with Crippen LogP contribution < -0.4 is 16.4 Å². The number of amides is 2. The first-order valence-electron chi connectivity index (χ1n) is 6.40. The number of carbonyl (C=O) groups is 2. The van der Waals surface area contributed by atoms with Crippen LogP contribution in [0.5, 0.6) is 0 Å². The fourth-order valence-electron chi connectivity index (χ4n) is 1.61. The molecule has 1 unspecified atom stereocenters. The van der Waals surface area contributed by atoms with Gasteiger partial charge in [0.05, 0.1) is 5.56 Å². The summed E-state index contributed by atoms with van der Waals surface area (Å²) in [4.78, 5) is 23.7. The van der Waals surface area contributed by atoms with Crippen LogP contribution in [0.15, 0.2) is 18.2 Å². The van der Waals surface area contributed by atoms with Crippen molar-refractivity contribution in [3.8, 4) is 0 Å². The molecule has 1 aromatic carbocycles.